The number of nitrogens with zero attached hydrogens (tertiary/aromatic N) is 1. The van der Waals surface area contributed by atoms with E-state index in [0.717, 1.165) is 5.56 Å². The van der Waals surface area contributed by atoms with Crippen LogP contribution < -0.4 is 10.6 Å². The van der Waals surface area contributed by atoms with Crippen LogP contribution in [0.4, 0.5) is 0 Å². The van der Waals surface area contributed by atoms with E-state index in [1.54, 1.807) is 18.2 Å². The van der Waals surface area contributed by atoms with Gasteiger partial charge in [-0.05, 0) is 18.2 Å². The predicted molar refractivity (Wildman–Crippen MR) is 83.7 cm³/mol. The van der Waals surface area contributed by atoms with E-state index < -0.39 is 6.10 Å². The first-order valence-corrected chi connectivity index (χ1v) is 7.49. The van der Waals surface area contributed by atoms with Crippen LogP contribution in [0.2, 0.25) is 5.02 Å². The molecular formula is C15H17ClN4O2. The molecule has 7 heteroatoms. The Morgan fingerprint density at radius 1 is 1.36 bits per heavy atom. The molecule has 22 heavy (non-hydrogen) atoms. The minimum atomic E-state index is -0.410. The van der Waals surface area contributed by atoms with Crippen molar-refractivity contribution < 1.29 is 9.90 Å². The fourth-order valence-corrected chi connectivity index (χ4v) is 2.58. The third-order valence-electron chi connectivity index (χ3n) is 3.79. The van der Waals surface area contributed by atoms with Crippen molar-refractivity contribution in [2.75, 3.05) is 19.6 Å². The van der Waals surface area contributed by atoms with Crippen LogP contribution in [0.1, 0.15) is 10.5 Å². The Balaban J connectivity index is 1.63. The molecule has 3 rings (SSSR count). The van der Waals surface area contributed by atoms with Gasteiger partial charge in [0.05, 0.1) is 11.8 Å². The Morgan fingerprint density at radius 3 is 2.82 bits per heavy atom. The Labute approximate surface area is 132 Å². The summed E-state index contributed by atoms with van der Waals surface area (Å²) in [5.41, 5.74) is 1.96. The van der Waals surface area contributed by atoms with Gasteiger partial charge in [0.25, 0.3) is 5.91 Å². The van der Waals surface area contributed by atoms with Crippen LogP contribution in [0.15, 0.2) is 30.3 Å². The van der Waals surface area contributed by atoms with Crippen molar-refractivity contribution in [3.63, 3.8) is 0 Å². The molecule has 1 aromatic heterocycles. The molecule has 116 valence electrons. The maximum absolute atomic E-state index is 12.1. The second-order valence-corrected chi connectivity index (χ2v) is 5.81. The van der Waals surface area contributed by atoms with E-state index >= 15 is 0 Å². The number of hydrogen-bond acceptors (Lipinski definition) is 4. The van der Waals surface area contributed by atoms with Gasteiger partial charge in [-0.1, -0.05) is 23.7 Å². The van der Waals surface area contributed by atoms with Crippen molar-refractivity contribution in [2.24, 2.45) is 5.92 Å². The van der Waals surface area contributed by atoms with E-state index in [-0.39, 0.29) is 11.8 Å². The van der Waals surface area contributed by atoms with Gasteiger partial charge in [0, 0.05) is 36.1 Å². The largest absolute Gasteiger partial charge is 0.391 e. The summed E-state index contributed by atoms with van der Waals surface area (Å²) in [5.74, 6) is -0.186. The summed E-state index contributed by atoms with van der Waals surface area (Å²) in [4.78, 5) is 12.1. The molecule has 1 saturated heterocycles. The first-order chi connectivity index (χ1) is 10.6. The molecule has 0 bridgehead atoms. The number of nitrogens with one attached hydrogen (secondary N) is 3. The first-order valence-electron chi connectivity index (χ1n) is 7.12. The fraction of sp³-hybridized carbons (Fsp3) is 0.333. The van der Waals surface area contributed by atoms with E-state index in [1.807, 2.05) is 12.1 Å². The lowest BCUT2D eigenvalue weighted by Crippen LogP contribution is -2.34. The molecule has 6 nitrogen and oxygen atoms in total. The maximum atomic E-state index is 12.1. The molecular weight excluding hydrogens is 304 g/mol. The molecule has 0 saturated carbocycles. The zero-order valence-electron chi connectivity index (χ0n) is 11.8. The summed E-state index contributed by atoms with van der Waals surface area (Å²) in [6, 6.07) is 8.95. The summed E-state index contributed by atoms with van der Waals surface area (Å²) in [7, 11) is 0. The SMILES string of the molecule is O=C(NCC1CNCC1O)c1cc(-c2ccc(Cl)cc2)n[nH]1. The monoisotopic (exact) mass is 320 g/mol. The highest BCUT2D eigenvalue weighted by Crippen LogP contribution is 2.20. The van der Waals surface area contributed by atoms with Crippen molar-refractivity contribution in [1.29, 1.82) is 0 Å². The second kappa shape index (κ2) is 6.48. The third kappa shape index (κ3) is 3.30. The summed E-state index contributed by atoms with van der Waals surface area (Å²) < 4.78 is 0. The number of β-amino-alcohol motifs (C(OH)–C–C–N with tert-alkyl or cyclic N) is 1. The lowest BCUT2D eigenvalue weighted by atomic mass is 10.1. The van der Waals surface area contributed by atoms with Crippen molar-refractivity contribution in [1.82, 2.24) is 20.8 Å². The molecule has 2 atom stereocenters. The first kappa shape index (κ1) is 15.0. The number of aliphatic hydroxyl groups excluding tert-OH is 1. The van der Waals surface area contributed by atoms with Crippen LogP contribution in [0.25, 0.3) is 11.3 Å². The van der Waals surface area contributed by atoms with Crippen LogP contribution >= 0.6 is 11.6 Å². The molecule has 1 fully saturated rings. The molecule has 1 aliphatic rings. The zero-order valence-corrected chi connectivity index (χ0v) is 12.6. The van der Waals surface area contributed by atoms with Gasteiger partial charge in [0.15, 0.2) is 0 Å². The number of carbonyl (C=O) groups is 1. The smallest absolute Gasteiger partial charge is 0.269 e. The van der Waals surface area contributed by atoms with Crippen LogP contribution in [0.5, 0.6) is 0 Å². The average Bonchev–Trinajstić information content (AvgIpc) is 3.15. The van der Waals surface area contributed by atoms with Crippen LogP contribution in [0.3, 0.4) is 0 Å². The van der Waals surface area contributed by atoms with Crippen molar-refractivity contribution in [3.05, 3.63) is 41.0 Å². The molecule has 2 unspecified atom stereocenters. The number of aliphatic hydroxyl groups is 1. The number of benzene rings is 1. The van der Waals surface area contributed by atoms with Crippen molar-refractivity contribution in [2.45, 2.75) is 6.10 Å². The zero-order chi connectivity index (χ0) is 15.5. The van der Waals surface area contributed by atoms with Crippen LogP contribution in [-0.4, -0.2) is 46.9 Å². The number of amides is 1. The predicted octanol–water partition coefficient (Wildman–Crippen LogP) is 1.04. The summed E-state index contributed by atoms with van der Waals surface area (Å²) in [6.07, 6.45) is -0.410. The van der Waals surface area contributed by atoms with Crippen molar-refractivity contribution in [3.8, 4) is 11.3 Å². The van der Waals surface area contributed by atoms with Gasteiger partial charge >= 0.3 is 0 Å². The van der Waals surface area contributed by atoms with Gasteiger partial charge < -0.3 is 15.7 Å². The number of H-pyrrole nitrogens is 1. The molecule has 0 aliphatic carbocycles. The number of aromatic nitrogens is 2. The van der Waals surface area contributed by atoms with E-state index in [1.165, 1.54) is 0 Å². The second-order valence-electron chi connectivity index (χ2n) is 5.37. The molecule has 1 amide bonds. The molecule has 2 heterocycles. The number of hydrogen-bond donors (Lipinski definition) is 4. The lowest BCUT2D eigenvalue weighted by molar-refractivity contribution is 0.0922. The van der Waals surface area contributed by atoms with Gasteiger partial charge in [0.2, 0.25) is 0 Å². The number of rotatable bonds is 4. The molecule has 0 radical (unpaired) electrons. The normalized spacial score (nSPS) is 21.0. The number of carbonyl (C=O) groups excluding carboxylic acids is 1. The van der Waals surface area contributed by atoms with E-state index in [0.29, 0.717) is 36.0 Å². The Morgan fingerprint density at radius 2 is 2.14 bits per heavy atom. The molecule has 1 aromatic carbocycles. The van der Waals surface area contributed by atoms with Gasteiger partial charge in [0.1, 0.15) is 5.69 Å². The highest BCUT2D eigenvalue weighted by Gasteiger charge is 2.25. The minimum absolute atomic E-state index is 0.0441. The summed E-state index contributed by atoms with van der Waals surface area (Å²) in [5, 5.41) is 23.1. The van der Waals surface area contributed by atoms with Gasteiger partial charge in [-0.15, -0.1) is 0 Å². The lowest BCUT2D eigenvalue weighted by Gasteiger charge is -2.13. The molecule has 1 aliphatic heterocycles. The Bertz CT molecular complexity index is 656. The van der Waals surface area contributed by atoms with Crippen LogP contribution in [-0.2, 0) is 0 Å². The quantitative estimate of drug-likeness (QED) is 0.677. The maximum Gasteiger partial charge on any atom is 0.269 e. The van der Waals surface area contributed by atoms with Gasteiger partial charge in [-0.3, -0.25) is 9.89 Å². The van der Waals surface area contributed by atoms with E-state index in [2.05, 4.69) is 20.8 Å². The third-order valence-corrected chi connectivity index (χ3v) is 4.04. The van der Waals surface area contributed by atoms with Crippen molar-refractivity contribution >= 4 is 17.5 Å². The molecule has 2 aromatic rings. The molecule has 4 N–H and O–H groups in total. The fourth-order valence-electron chi connectivity index (χ4n) is 2.45. The average molecular weight is 321 g/mol. The number of aromatic amines is 1. The summed E-state index contributed by atoms with van der Waals surface area (Å²) >= 11 is 5.85. The van der Waals surface area contributed by atoms with Crippen LogP contribution in [0, 0.1) is 5.92 Å². The highest BCUT2D eigenvalue weighted by molar-refractivity contribution is 6.30. The van der Waals surface area contributed by atoms with Gasteiger partial charge in [-0.25, -0.2) is 0 Å². The standard InChI is InChI=1S/C15H17ClN4O2/c16-11-3-1-9(2-4-11)12-5-13(20-19-12)15(22)18-7-10-6-17-8-14(10)21/h1-5,10,14,17,21H,6-8H2,(H,18,22)(H,19,20). The Hall–Kier alpha value is -1.89. The topological polar surface area (TPSA) is 90.0 Å². The number of halogens is 1. The molecule has 0 spiro atoms. The highest BCUT2D eigenvalue weighted by atomic mass is 35.5. The summed E-state index contributed by atoms with van der Waals surface area (Å²) in [6.45, 7) is 1.72. The van der Waals surface area contributed by atoms with E-state index in [4.69, 9.17) is 11.6 Å². The van der Waals surface area contributed by atoms with E-state index in [9.17, 15) is 9.90 Å². The minimum Gasteiger partial charge on any atom is -0.391 e. The Kier molecular flexibility index (Phi) is 4.42. The van der Waals surface area contributed by atoms with Gasteiger partial charge in [-0.2, -0.15) is 5.10 Å².